The lowest BCUT2D eigenvalue weighted by molar-refractivity contribution is -0.153. The van der Waals surface area contributed by atoms with Gasteiger partial charge in [0.1, 0.15) is 0 Å². The Balaban J connectivity index is 1.57. The van der Waals surface area contributed by atoms with Crippen molar-refractivity contribution >= 4 is 21.9 Å². The van der Waals surface area contributed by atoms with Crippen LogP contribution in [0.1, 0.15) is 24.0 Å². The van der Waals surface area contributed by atoms with E-state index in [-0.39, 0.29) is 37.5 Å². The summed E-state index contributed by atoms with van der Waals surface area (Å²) in [7, 11) is -3.58. The van der Waals surface area contributed by atoms with E-state index in [0.717, 1.165) is 24.0 Å². The van der Waals surface area contributed by atoms with Crippen LogP contribution in [0.25, 0.3) is 0 Å². The summed E-state index contributed by atoms with van der Waals surface area (Å²) in [6.07, 6.45) is 1.67. The number of esters is 1. The molecule has 26 heavy (non-hydrogen) atoms. The number of aryl methyl sites for hydroxylation is 2. The van der Waals surface area contributed by atoms with E-state index < -0.39 is 10.0 Å². The molecule has 0 atom stereocenters. The molecule has 2 aliphatic rings. The summed E-state index contributed by atoms with van der Waals surface area (Å²) in [4.78, 5) is 25.5. The summed E-state index contributed by atoms with van der Waals surface area (Å²) in [6.45, 7) is 4.50. The molecule has 142 valence electrons. The third-order valence-corrected chi connectivity index (χ3v) is 6.85. The number of amides is 1. The summed E-state index contributed by atoms with van der Waals surface area (Å²) in [5.41, 5.74) is 1.73. The fourth-order valence-electron chi connectivity index (χ4n) is 3.07. The van der Waals surface area contributed by atoms with Crippen molar-refractivity contribution in [2.24, 2.45) is 5.92 Å². The normalized spacial score (nSPS) is 18.6. The van der Waals surface area contributed by atoms with Gasteiger partial charge in [0.2, 0.25) is 10.0 Å². The van der Waals surface area contributed by atoms with Crippen LogP contribution >= 0.6 is 0 Å². The van der Waals surface area contributed by atoms with Crippen LogP contribution in [0.4, 0.5) is 0 Å². The zero-order valence-corrected chi connectivity index (χ0v) is 15.9. The van der Waals surface area contributed by atoms with Gasteiger partial charge in [0.15, 0.2) is 6.61 Å². The van der Waals surface area contributed by atoms with Crippen LogP contribution in [0, 0.1) is 19.8 Å². The van der Waals surface area contributed by atoms with Gasteiger partial charge in [-0.25, -0.2) is 8.42 Å². The maximum atomic E-state index is 12.8. The van der Waals surface area contributed by atoms with Gasteiger partial charge < -0.3 is 9.64 Å². The third kappa shape index (κ3) is 4.07. The summed E-state index contributed by atoms with van der Waals surface area (Å²) >= 11 is 0. The van der Waals surface area contributed by atoms with Crippen molar-refractivity contribution in [2.75, 3.05) is 32.8 Å². The topological polar surface area (TPSA) is 84.0 Å². The highest BCUT2D eigenvalue weighted by Crippen LogP contribution is 2.30. The summed E-state index contributed by atoms with van der Waals surface area (Å²) in [5.74, 6) is -0.625. The van der Waals surface area contributed by atoms with Crippen LogP contribution in [-0.4, -0.2) is 62.3 Å². The fraction of sp³-hybridized carbons (Fsp3) is 0.556. The SMILES string of the molecule is Cc1ccc(S(=O)(=O)N2CCN(C(=O)COC(=O)C3CC3)CC2)c(C)c1. The Labute approximate surface area is 154 Å². The zero-order chi connectivity index (χ0) is 18.9. The molecule has 1 heterocycles. The molecule has 3 rings (SSSR count). The Hall–Kier alpha value is -1.93. The molecular formula is C18H24N2O5S. The highest BCUT2D eigenvalue weighted by molar-refractivity contribution is 7.89. The molecule has 2 fully saturated rings. The van der Waals surface area contributed by atoms with E-state index in [1.54, 1.807) is 24.0 Å². The number of hydrogen-bond donors (Lipinski definition) is 0. The van der Waals surface area contributed by atoms with E-state index >= 15 is 0 Å². The van der Waals surface area contributed by atoms with Crippen LogP contribution in [0.3, 0.4) is 0 Å². The van der Waals surface area contributed by atoms with Gasteiger partial charge in [0.25, 0.3) is 5.91 Å². The average molecular weight is 380 g/mol. The predicted molar refractivity (Wildman–Crippen MR) is 94.9 cm³/mol. The van der Waals surface area contributed by atoms with E-state index in [0.29, 0.717) is 18.0 Å². The summed E-state index contributed by atoms with van der Waals surface area (Å²) < 4.78 is 32.1. The zero-order valence-electron chi connectivity index (χ0n) is 15.1. The molecule has 0 aromatic heterocycles. The quantitative estimate of drug-likeness (QED) is 0.714. The third-order valence-electron chi connectivity index (χ3n) is 4.79. The van der Waals surface area contributed by atoms with Gasteiger partial charge in [-0.15, -0.1) is 0 Å². The largest absolute Gasteiger partial charge is 0.455 e. The molecule has 1 aliphatic carbocycles. The Kier molecular flexibility index (Phi) is 5.34. The molecule has 0 spiro atoms. The molecule has 0 radical (unpaired) electrons. The molecule has 0 N–H and O–H groups in total. The first-order chi connectivity index (χ1) is 12.3. The Bertz CT molecular complexity index is 809. The van der Waals surface area contributed by atoms with Gasteiger partial charge in [-0.2, -0.15) is 4.31 Å². The lowest BCUT2D eigenvalue weighted by atomic mass is 10.2. The standard InChI is InChI=1S/C18H24N2O5S/c1-13-3-6-16(14(2)11-13)26(23,24)20-9-7-19(8-10-20)17(21)12-25-18(22)15-4-5-15/h3,6,11,15H,4-5,7-10,12H2,1-2H3. The number of carbonyl (C=O) groups is 2. The van der Waals surface area contributed by atoms with Crippen LogP contribution in [0.5, 0.6) is 0 Å². The number of hydrogen-bond acceptors (Lipinski definition) is 5. The lowest BCUT2D eigenvalue weighted by Crippen LogP contribution is -2.51. The first-order valence-corrected chi connectivity index (χ1v) is 10.2. The molecule has 1 aromatic carbocycles. The number of benzene rings is 1. The van der Waals surface area contributed by atoms with E-state index in [1.807, 2.05) is 13.0 Å². The van der Waals surface area contributed by atoms with Gasteiger partial charge in [-0.05, 0) is 38.3 Å². The van der Waals surface area contributed by atoms with Gasteiger partial charge in [-0.3, -0.25) is 9.59 Å². The number of nitrogens with zero attached hydrogens (tertiary/aromatic N) is 2. The second kappa shape index (κ2) is 7.36. The van der Waals surface area contributed by atoms with Crippen molar-refractivity contribution < 1.29 is 22.7 Å². The van der Waals surface area contributed by atoms with Crippen molar-refractivity contribution in [3.8, 4) is 0 Å². The van der Waals surface area contributed by atoms with E-state index in [9.17, 15) is 18.0 Å². The first-order valence-electron chi connectivity index (χ1n) is 8.81. The maximum Gasteiger partial charge on any atom is 0.309 e. The minimum absolute atomic E-state index is 0.0393. The number of piperazine rings is 1. The Morgan fingerprint density at radius 3 is 2.35 bits per heavy atom. The Morgan fingerprint density at radius 1 is 1.12 bits per heavy atom. The Morgan fingerprint density at radius 2 is 1.77 bits per heavy atom. The minimum atomic E-state index is -3.58. The van der Waals surface area contributed by atoms with Crippen molar-refractivity contribution in [3.63, 3.8) is 0 Å². The fourth-order valence-corrected chi connectivity index (χ4v) is 4.69. The number of rotatable bonds is 5. The predicted octanol–water partition coefficient (Wildman–Crippen LogP) is 1.09. The van der Waals surface area contributed by atoms with Crippen LogP contribution in [-0.2, 0) is 24.3 Å². The maximum absolute atomic E-state index is 12.8. The summed E-state index contributed by atoms with van der Waals surface area (Å²) in [5, 5.41) is 0. The summed E-state index contributed by atoms with van der Waals surface area (Å²) in [6, 6.07) is 5.27. The van der Waals surface area contributed by atoms with Crippen LogP contribution in [0.15, 0.2) is 23.1 Å². The number of carbonyl (C=O) groups excluding carboxylic acids is 2. The molecule has 0 bridgehead atoms. The van der Waals surface area contributed by atoms with Crippen molar-refractivity contribution in [1.29, 1.82) is 0 Å². The number of ether oxygens (including phenoxy) is 1. The molecule has 1 aromatic rings. The van der Waals surface area contributed by atoms with Gasteiger partial charge in [-0.1, -0.05) is 17.7 Å². The molecule has 1 saturated heterocycles. The van der Waals surface area contributed by atoms with Crippen LogP contribution in [0.2, 0.25) is 0 Å². The molecule has 1 saturated carbocycles. The molecular weight excluding hydrogens is 356 g/mol. The smallest absolute Gasteiger partial charge is 0.309 e. The van der Waals surface area contributed by atoms with Crippen LogP contribution < -0.4 is 0 Å². The lowest BCUT2D eigenvalue weighted by Gasteiger charge is -2.34. The molecule has 1 amide bonds. The van der Waals surface area contributed by atoms with Crippen molar-refractivity contribution in [1.82, 2.24) is 9.21 Å². The molecule has 7 nitrogen and oxygen atoms in total. The minimum Gasteiger partial charge on any atom is -0.455 e. The highest BCUT2D eigenvalue weighted by Gasteiger charge is 2.33. The van der Waals surface area contributed by atoms with E-state index in [4.69, 9.17) is 4.74 Å². The second-order valence-electron chi connectivity index (χ2n) is 6.94. The molecule has 8 heteroatoms. The highest BCUT2D eigenvalue weighted by atomic mass is 32.2. The van der Waals surface area contributed by atoms with E-state index in [1.165, 1.54) is 4.31 Å². The van der Waals surface area contributed by atoms with Gasteiger partial charge >= 0.3 is 5.97 Å². The van der Waals surface area contributed by atoms with Gasteiger partial charge in [0, 0.05) is 26.2 Å². The second-order valence-corrected chi connectivity index (χ2v) is 8.84. The molecule has 1 aliphatic heterocycles. The van der Waals surface area contributed by atoms with Crippen molar-refractivity contribution in [2.45, 2.75) is 31.6 Å². The molecule has 0 unspecified atom stereocenters. The van der Waals surface area contributed by atoms with Crippen molar-refractivity contribution in [3.05, 3.63) is 29.3 Å². The number of sulfonamides is 1. The first kappa shape index (κ1) is 18.8. The van der Waals surface area contributed by atoms with Gasteiger partial charge in [0.05, 0.1) is 10.8 Å². The monoisotopic (exact) mass is 380 g/mol. The van der Waals surface area contributed by atoms with E-state index in [2.05, 4.69) is 0 Å². The average Bonchev–Trinajstić information content (AvgIpc) is 3.44.